The van der Waals surface area contributed by atoms with Crippen molar-refractivity contribution in [2.75, 3.05) is 7.11 Å². The number of carbonyl (C=O) groups is 2. The van der Waals surface area contributed by atoms with Gasteiger partial charge in [0.25, 0.3) is 0 Å². The molecule has 0 aliphatic heterocycles. The van der Waals surface area contributed by atoms with Crippen LogP contribution in [-0.4, -0.2) is 36.2 Å². The molecular formula is C26H28N2O6. The Balaban J connectivity index is 1.81. The summed E-state index contributed by atoms with van der Waals surface area (Å²) in [6, 6.07) is 19.6. The molecule has 1 amide bonds. The van der Waals surface area contributed by atoms with Gasteiger partial charge in [0.1, 0.15) is 12.1 Å². The smallest absolute Gasteiger partial charge is 0.328 e. The molecule has 0 radical (unpaired) electrons. The van der Waals surface area contributed by atoms with Crippen molar-refractivity contribution in [3.63, 3.8) is 0 Å². The molecule has 2 aromatic carbocycles. The van der Waals surface area contributed by atoms with Gasteiger partial charge in [-0.25, -0.2) is 4.79 Å². The van der Waals surface area contributed by atoms with E-state index in [1.54, 1.807) is 6.92 Å². The van der Waals surface area contributed by atoms with Gasteiger partial charge in [0, 0.05) is 6.07 Å². The number of carbonyl (C=O) groups excluding carboxylic acids is 2. The van der Waals surface area contributed by atoms with E-state index in [1.807, 2.05) is 67.6 Å². The van der Waals surface area contributed by atoms with Gasteiger partial charge in [0.2, 0.25) is 5.75 Å². The van der Waals surface area contributed by atoms with Crippen molar-refractivity contribution < 1.29 is 28.9 Å². The number of amides is 1. The normalized spacial score (nSPS) is 12.9. The van der Waals surface area contributed by atoms with Crippen LogP contribution in [0.2, 0.25) is 0 Å². The summed E-state index contributed by atoms with van der Waals surface area (Å²) in [6.45, 7) is 5.24. The van der Waals surface area contributed by atoms with E-state index >= 15 is 0 Å². The molecule has 0 saturated heterocycles. The largest absolute Gasteiger partial charge is 0.618 e. The van der Waals surface area contributed by atoms with Crippen molar-refractivity contribution in [2.45, 2.75) is 38.3 Å². The van der Waals surface area contributed by atoms with Crippen molar-refractivity contribution in [1.82, 2.24) is 5.32 Å². The number of rotatable bonds is 8. The second-order valence-corrected chi connectivity index (χ2v) is 8.12. The lowest BCUT2D eigenvalue weighted by molar-refractivity contribution is -0.608. The van der Waals surface area contributed by atoms with E-state index in [9.17, 15) is 19.9 Å². The first-order valence-electron chi connectivity index (χ1n) is 10.8. The lowest BCUT2D eigenvalue weighted by Crippen LogP contribution is -2.47. The molecule has 0 aliphatic carbocycles. The fourth-order valence-corrected chi connectivity index (χ4v) is 3.81. The molecule has 0 saturated carbocycles. The van der Waals surface area contributed by atoms with Gasteiger partial charge in [-0.3, -0.25) is 4.79 Å². The second kappa shape index (κ2) is 10.2. The molecule has 8 nitrogen and oxygen atoms in total. The number of nitrogens with zero attached hydrogens (tertiary/aromatic N) is 1. The number of aromatic nitrogens is 1. The molecule has 178 valence electrons. The number of ether oxygens (including phenoxy) is 2. The van der Waals surface area contributed by atoms with Crippen LogP contribution >= 0.6 is 0 Å². The number of hydrogen-bond acceptors (Lipinski definition) is 6. The predicted molar refractivity (Wildman–Crippen MR) is 125 cm³/mol. The molecule has 1 aromatic heterocycles. The maximum Gasteiger partial charge on any atom is 0.328 e. The zero-order valence-corrected chi connectivity index (χ0v) is 19.5. The summed E-state index contributed by atoms with van der Waals surface area (Å²) in [5.74, 6) is -2.27. The summed E-state index contributed by atoms with van der Waals surface area (Å²) in [6.07, 6.45) is 0.433. The molecule has 34 heavy (non-hydrogen) atoms. The van der Waals surface area contributed by atoms with Crippen molar-refractivity contribution in [1.29, 1.82) is 0 Å². The van der Waals surface area contributed by atoms with E-state index in [1.165, 1.54) is 20.1 Å². The van der Waals surface area contributed by atoms with Gasteiger partial charge in [-0.15, -0.1) is 0 Å². The highest BCUT2D eigenvalue weighted by atomic mass is 16.5. The van der Waals surface area contributed by atoms with Crippen LogP contribution in [0.15, 0.2) is 72.9 Å². The minimum atomic E-state index is -1.09. The first-order valence-corrected chi connectivity index (χ1v) is 10.8. The Hall–Kier alpha value is -4.07. The summed E-state index contributed by atoms with van der Waals surface area (Å²) >= 11 is 0. The molecule has 3 aromatic rings. The lowest BCUT2D eigenvalue weighted by Gasteiger charge is -2.36. The third kappa shape index (κ3) is 4.80. The van der Waals surface area contributed by atoms with E-state index in [4.69, 9.17) is 9.47 Å². The summed E-state index contributed by atoms with van der Waals surface area (Å²) in [5.41, 5.74) is 0.689. The zero-order chi connectivity index (χ0) is 24.9. The topological polar surface area (TPSA) is 112 Å². The molecular weight excluding hydrogens is 436 g/mol. The number of aromatic hydroxyl groups is 1. The SMILES string of the molecule is COc1cc[n+]([O-])c(C(=O)N[C@@H](C)C(=O)O[C@@H](C)C(C)(c2ccccc2)c2ccccc2)c1O. The minimum Gasteiger partial charge on any atom is -0.618 e. The highest BCUT2D eigenvalue weighted by Gasteiger charge is 2.38. The molecule has 0 bridgehead atoms. The Morgan fingerprint density at radius 3 is 2.03 bits per heavy atom. The lowest BCUT2D eigenvalue weighted by atomic mass is 9.72. The Morgan fingerprint density at radius 1 is 1.00 bits per heavy atom. The number of methoxy groups -OCH3 is 1. The van der Waals surface area contributed by atoms with Crippen LogP contribution in [0.3, 0.4) is 0 Å². The molecule has 8 heteroatoms. The molecule has 2 atom stereocenters. The quantitative estimate of drug-likeness (QED) is 0.301. The van der Waals surface area contributed by atoms with Gasteiger partial charge >= 0.3 is 17.6 Å². The monoisotopic (exact) mass is 464 g/mol. The van der Waals surface area contributed by atoms with Crippen LogP contribution in [-0.2, 0) is 14.9 Å². The maximum atomic E-state index is 12.9. The zero-order valence-electron chi connectivity index (χ0n) is 19.5. The number of pyridine rings is 1. The highest BCUT2D eigenvalue weighted by molar-refractivity contribution is 5.96. The molecule has 3 rings (SSSR count). The average Bonchev–Trinajstić information content (AvgIpc) is 2.84. The van der Waals surface area contributed by atoms with E-state index < -0.39 is 40.9 Å². The number of benzene rings is 2. The molecule has 0 spiro atoms. The first kappa shape index (κ1) is 24.6. The summed E-state index contributed by atoms with van der Waals surface area (Å²) in [7, 11) is 1.30. The van der Waals surface area contributed by atoms with E-state index in [0.29, 0.717) is 0 Å². The first-order chi connectivity index (χ1) is 16.2. The number of nitrogens with one attached hydrogen (secondary N) is 1. The van der Waals surface area contributed by atoms with Gasteiger partial charge in [-0.2, -0.15) is 4.73 Å². The van der Waals surface area contributed by atoms with Crippen LogP contribution in [0.25, 0.3) is 0 Å². The van der Waals surface area contributed by atoms with Crippen LogP contribution in [0.1, 0.15) is 42.4 Å². The van der Waals surface area contributed by atoms with E-state index in [-0.39, 0.29) is 10.5 Å². The second-order valence-electron chi connectivity index (χ2n) is 8.12. The highest BCUT2D eigenvalue weighted by Crippen LogP contribution is 2.37. The molecule has 2 N–H and O–H groups in total. The minimum absolute atomic E-state index is 0.0393. The van der Waals surface area contributed by atoms with Crippen molar-refractivity contribution in [3.8, 4) is 11.5 Å². The average molecular weight is 465 g/mol. The maximum absolute atomic E-state index is 12.9. The number of esters is 1. The molecule has 0 aliphatic rings. The van der Waals surface area contributed by atoms with Gasteiger partial charge in [-0.1, -0.05) is 60.7 Å². The molecule has 0 unspecified atom stereocenters. The predicted octanol–water partition coefficient (Wildman–Crippen LogP) is 3.09. The molecule has 0 fully saturated rings. The van der Waals surface area contributed by atoms with Crippen molar-refractivity contribution >= 4 is 11.9 Å². The summed E-state index contributed by atoms with van der Waals surface area (Å²) in [5, 5.41) is 24.6. The van der Waals surface area contributed by atoms with Crippen molar-refractivity contribution in [3.05, 3.63) is 95.0 Å². The Morgan fingerprint density at radius 2 is 1.53 bits per heavy atom. The summed E-state index contributed by atoms with van der Waals surface area (Å²) < 4.78 is 11.0. The summed E-state index contributed by atoms with van der Waals surface area (Å²) in [4.78, 5) is 25.6. The van der Waals surface area contributed by atoms with Gasteiger partial charge in [0.15, 0.2) is 11.9 Å². The van der Waals surface area contributed by atoms with Gasteiger partial charge < -0.3 is 25.1 Å². The third-order valence-electron chi connectivity index (χ3n) is 6.03. The Bertz CT molecular complexity index is 1110. The van der Waals surface area contributed by atoms with Crippen molar-refractivity contribution in [2.24, 2.45) is 0 Å². The van der Waals surface area contributed by atoms with E-state index in [0.717, 1.165) is 17.3 Å². The standard InChI is InChI=1S/C26H28N2O6/c1-17(27-24(30)22-23(29)21(33-4)15-16-28(22)32)25(31)34-18(2)26(3,19-11-7-5-8-12-19)20-13-9-6-10-14-20/h5-18,29H,1-4H3,(H,27,30)/t17-,18-/m0/s1. The van der Waals surface area contributed by atoms with Gasteiger partial charge in [0.05, 0.1) is 12.5 Å². The van der Waals surface area contributed by atoms with Crippen LogP contribution in [0.4, 0.5) is 0 Å². The van der Waals surface area contributed by atoms with Gasteiger partial charge in [-0.05, 0) is 31.9 Å². The third-order valence-corrected chi connectivity index (χ3v) is 6.03. The van der Waals surface area contributed by atoms with Crippen LogP contribution in [0, 0.1) is 5.21 Å². The van der Waals surface area contributed by atoms with Crippen LogP contribution < -0.4 is 14.8 Å². The fraction of sp³-hybridized carbons (Fsp3) is 0.269. The Kier molecular flexibility index (Phi) is 7.40. The Labute approximate surface area is 198 Å². The fourth-order valence-electron chi connectivity index (χ4n) is 3.81. The van der Waals surface area contributed by atoms with Crippen LogP contribution in [0.5, 0.6) is 11.5 Å². The van der Waals surface area contributed by atoms with E-state index in [2.05, 4.69) is 5.32 Å². The number of hydrogen-bond donors (Lipinski definition) is 2. The molecule has 1 heterocycles.